The molecule has 0 aromatic heterocycles. The number of carbonyl (C=O) groups excluding carboxylic acids is 2. The van der Waals surface area contributed by atoms with E-state index in [0.29, 0.717) is 4.90 Å². The lowest BCUT2D eigenvalue weighted by Crippen LogP contribution is -2.21. The van der Waals surface area contributed by atoms with Crippen LogP contribution >= 0.6 is 0 Å². The van der Waals surface area contributed by atoms with Gasteiger partial charge in [0.1, 0.15) is 0 Å². The second-order valence-electron chi connectivity index (χ2n) is 4.44. The summed E-state index contributed by atoms with van der Waals surface area (Å²) in [7, 11) is -0.368. The van der Waals surface area contributed by atoms with Gasteiger partial charge in [0.25, 0.3) is 0 Å². The Morgan fingerprint density at radius 1 is 1.05 bits per heavy atom. The zero-order chi connectivity index (χ0) is 14.9. The van der Waals surface area contributed by atoms with E-state index < -0.39 is 16.6 Å². The van der Waals surface area contributed by atoms with E-state index in [1.54, 1.807) is 24.3 Å². The van der Waals surface area contributed by atoms with Crippen LogP contribution in [0.25, 0.3) is 0 Å². The Kier molecular flexibility index (Phi) is 3.99. The third-order valence-corrected chi connectivity index (χ3v) is 4.44. The quantitative estimate of drug-likeness (QED) is 0.799. The van der Waals surface area contributed by atoms with Gasteiger partial charge >= 0.3 is 0 Å². The fraction of sp³-hybridized carbons (Fsp3) is 0.200. The molecule has 0 N–H and O–H groups in total. The monoisotopic (exact) mass is 290 g/mol. The molecular formula is C15H14O4S. The van der Waals surface area contributed by atoms with Crippen molar-refractivity contribution >= 4 is 22.4 Å². The van der Waals surface area contributed by atoms with Crippen LogP contribution in [-0.2, 0) is 25.1 Å². The first-order chi connectivity index (χ1) is 9.45. The molecule has 1 aliphatic carbocycles. The van der Waals surface area contributed by atoms with Crippen molar-refractivity contribution in [3.8, 4) is 0 Å². The van der Waals surface area contributed by atoms with E-state index in [1.165, 1.54) is 14.0 Å². The second-order valence-corrected chi connectivity index (χ2v) is 5.89. The molecule has 1 atom stereocenters. The zero-order valence-electron chi connectivity index (χ0n) is 11.4. The fourth-order valence-corrected chi connectivity index (χ4v) is 2.97. The first kappa shape index (κ1) is 14.4. The average molecular weight is 290 g/mol. The largest absolute Gasteiger partial charge is 0.492 e. The van der Waals surface area contributed by atoms with Crippen LogP contribution in [0.5, 0.6) is 0 Å². The SMILES string of the molecule is COC1=C(C)C(=O)C=C([S@@](=O)c2ccc(C)cc2)C1=O. The smallest absolute Gasteiger partial charge is 0.237 e. The van der Waals surface area contributed by atoms with E-state index in [-0.39, 0.29) is 22.0 Å². The number of hydrogen-bond donors (Lipinski definition) is 0. The molecule has 0 heterocycles. The maximum Gasteiger partial charge on any atom is 0.237 e. The summed E-state index contributed by atoms with van der Waals surface area (Å²) in [4.78, 5) is 24.4. The first-order valence-electron chi connectivity index (χ1n) is 5.99. The Morgan fingerprint density at radius 2 is 1.65 bits per heavy atom. The number of ether oxygens (including phenoxy) is 1. The lowest BCUT2D eigenvalue weighted by molar-refractivity contribution is -0.117. The van der Waals surface area contributed by atoms with Crippen molar-refractivity contribution in [1.82, 2.24) is 0 Å². The summed E-state index contributed by atoms with van der Waals surface area (Å²) in [5, 5.41) is 0. The number of ketones is 2. The average Bonchev–Trinajstić information content (AvgIpc) is 2.43. The molecule has 1 aromatic rings. The molecule has 1 aromatic carbocycles. The number of carbonyl (C=O) groups is 2. The van der Waals surface area contributed by atoms with Gasteiger partial charge in [-0.1, -0.05) is 17.7 Å². The van der Waals surface area contributed by atoms with Gasteiger partial charge in [-0.3, -0.25) is 9.59 Å². The summed E-state index contributed by atoms with van der Waals surface area (Å²) >= 11 is 0. The Bertz CT molecular complexity index is 666. The highest BCUT2D eigenvalue weighted by Crippen LogP contribution is 2.25. The van der Waals surface area contributed by atoms with E-state index >= 15 is 0 Å². The highest BCUT2D eigenvalue weighted by atomic mass is 32.2. The number of allylic oxidation sites excluding steroid dienone is 3. The predicted octanol–water partition coefficient (Wildman–Crippen LogP) is 2.06. The van der Waals surface area contributed by atoms with E-state index in [4.69, 9.17) is 4.74 Å². The van der Waals surface area contributed by atoms with Crippen LogP contribution in [-0.4, -0.2) is 22.9 Å². The molecule has 0 saturated heterocycles. The van der Waals surface area contributed by atoms with Crippen molar-refractivity contribution in [2.24, 2.45) is 0 Å². The summed E-state index contributed by atoms with van der Waals surface area (Å²) in [6, 6.07) is 6.98. The highest BCUT2D eigenvalue weighted by Gasteiger charge is 2.31. The van der Waals surface area contributed by atoms with Gasteiger partial charge in [0.2, 0.25) is 5.78 Å². The molecule has 0 bridgehead atoms. The molecule has 0 unspecified atom stereocenters. The lowest BCUT2D eigenvalue weighted by atomic mass is 10.0. The van der Waals surface area contributed by atoms with Crippen LogP contribution in [0.4, 0.5) is 0 Å². The van der Waals surface area contributed by atoms with Crippen molar-refractivity contribution in [3.05, 3.63) is 52.1 Å². The van der Waals surface area contributed by atoms with Crippen molar-refractivity contribution in [1.29, 1.82) is 0 Å². The van der Waals surface area contributed by atoms with E-state index in [0.717, 1.165) is 11.6 Å². The van der Waals surface area contributed by atoms with Crippen molar-refractivity contribution < 1.29 is 18.5 Å². The van der Waals surface area contributed by atoms with Crippen LogP contribution < -0.4 is 0 Å². The fourth-order valence-electron chi connectivity index (χ4n) is 1.86. The van der Waals surface area contributed by atoms with Gasteiger partial charge < -0.3 is 4.74 Å². The Morgan fingerprint density at radius 3 is 2.20 bits per heavy atom. The molecule has 4 nitrogen and oxygen atoms in total. The van der Waals surface area contributed by atoms with Gasteiger partial charge in [0, 0.05) is 16.5 Å². The maximum atomic E-state index is 12.4. The molecule has 0 aliphatic heterocycles. The minimum absolute atomic E-state index is 0.0343. The van der Waals surface area contributed by atoms with Crippen LogP contribution in [0, 0.1) is 6.92 Å². The first-order valence-corrected chi connectivity index (χ1v) is 7.14. The molecule has 2 rings (SSSR count). The Hall–Kier alpha value is -2.01. The van der Waals surface area contributed by atoms with E-state index in [9.17, 15) is 13.8 Å². The van der Waals surface area contributed by atoms with Gasteiger partial charge in [0.05, 0.1) is 22.8 Å². The Balaban J connectivity index is 2.41. The third kappa shape index (κ3) is 2.49. The number of Topliss-reactive ketones (excluding diaryl/α,β-unsaturated/α-hetero) is 1. The second kappa shape index (κ2) is 5.54. The molecular weight excluding hydrogens is 276 g/mol. The van der Waals surface area contributed by atoms with E-state index in [2.05, 4.69) is 0 Å². The molecule has 20 heavy (non-hydrogen) atoms. The Labute approximate surface area is 119 Å². The van der Waals surface area contributed by atoms with Crippen molar-refractivity contribution in [3.63, 3.8) is 0 Å². The van der Waals surface area contributed by atoms with Crippen molar-refractivity contribution in [2.45, 2.75) is 18.7 Å². The van der Waals surface area contributed by atoms with E-state index in [1.807, 2.05) is 6.92 Å². The van der Waals surface area contributed by atoms with Gasteiger partial charge in [0.15, 0.2) is 11.5 Å². The van der Waals surface area contributed by atoms with Gasteiger partial charge in [-0.15, -0.1) is 0 Å². The topological polar surface area (TPSA) is 60.4 Å². The van der Waals surface area contributed by atoms with Crippen LogP contribution in [0.3, 0.4) is 0 Å². The molecule has 5 heteroatoms. The third-order valence-electron chi connectivity index (χ3n) is 3.04. The summed E-state index contributed by atoms with van der Waals surface area (Å²) in [5.74, 6) is -0.881. The number of benzene rings is 1. The number of rotatable bonds is 3. The molecule has 0 spiro atoms. The van der Waals surface area contributed by atoms with Gasteiger partial charge in [-0.05, 0) is 26.0 Å². The normalized spacial score (nSPS) is 17.1. The van der Waals surface area contributed by atoms with Crippen LogP contribution in [0.15, 0.2) is 51.5 Å². The number of aryl methyl sites for hydroxylation is 1. The minimum atomic E-state index is -1.69. The lowest BCUT2D eigenvalue weighted by Gasteiger charge is -2.15. The number of hydrogen-bond acceptors (Lipinski definition) is 4. The summed E-state index contributed by atoms with van der Waals surface area (Å²) in [5.41, 5.74) is 1.27. The molecule has 0 saturated carbocycles. The highest BCUT2D eigenvalue weighted by molar-refractivity contribution is 7.90. The molecule has 0 fully saturated rings. The summed E-state index contributed by atoms with van der Waals surface area (Å²) in [6.45, 7) is 3.43. The minimum Gasteiger partial charge on any atom is -0.492 e. The van der Waals surface area contributed by atoms with Crippen molar-refractivity contribution in [2.75, 3.05) is 7.11 Å². The summed E-state index contributed by atoms with van der Waals surface area (Å²) in [6.07, 6.45) is 1.14. The molecule has 104 valence electrons. The number of methoxy groups -OCH3 is 1. The summed E-state index contributed by atoms with van der Waals surface area (Å²) < 4.78 is 17.4. The molecule has 0 amide bonds. The van der Waals surface area contributed by atoms with Crippen LogP contribution in [0.2, 0.25) is 0 Å². The zero-order valence-corrected chi connectivity index (χ0v) is 12.2. The molecule has 1 aliphatic rings. The standard InChI is InChI=1S/C15H14O4S/c1-9-4-6-11(7-5-9)20(18)13-8-12(16)10(2)15(19-3)14(13)17/h4-8H,1-3H3/t20-/m0/s1. The predicted molar refractivity (Wildman–Crippen MR) is 75.4 cm³/mol. The van der Waals surface area contributed by atoms with Gasteiger partial charge in [-0.2, -0.15) is 0 Å². The maximum absolute atomic E-state index is 12.4. The van der Waals surface area contributed by atoms with Gasteiger partial charge in [-0.25, -0.2) is 4.21 Å². The van der Waals surface area contributed by atoms with Crippen LogP contribution in [0.1, 0.15) is 12.5 Å². The molecule has 0 radical (unpaired) electrons.